The SMILES string of the molecule is C[C@@H](O[C@H]1OCCN(C/C(N)=N/NC(=O)CO)[C@H]1c1ccc(F)cc1)c1cc(C(F)(F)F)cc(C(F)(F)F)c1. The lowest BCUT2D eigenvalue weighted by molar-refractivity contribution is -0.227. The molecule has 0 aromatic heterocycles. The molecule has 1 heterocycles. The standard InChI is InChI=1S/C24H25F7N4O4/c1-13(15-8-16(23(26,27)28)10-17(9-15)24(29,30)31)39-22-21(14-2-4-18(25)5-3-14)35(6-7-38-22)11-19(32)33-34-20(37)12-36/h2-5,8-10,13,21-22,36H,6-7,11-12H2,1H3,(H2,32,33)(H,34,37)/t13-,21+,22-/m1/s1. The second-order valence-corrected chi connectivity index (χ2v) is 8.62. The first-order valence-electron chi connectivity index (χ1n) is 11.5. The normalized spacial score (nSPS) is 20.1. The van der Waals surface area contributed by atoms with Crippen molar-refractivity contribution in [1.82, 2.24) is 10.3 Å². The third-order valence-corrected chi connectivity index (χ3v) is 5.77. The van der Waals surface area contributed by atoms with Crippen molar-refractivity contribution in [2.75, 3.05) is 26.3 Å². The molecule has 3 atom stereocenters. The minimum atomic E-state index is -5.03. The molecular formula is C24H25F7N4O4. The van der Waals surface area contributed by atoms with E-state index in [1.807, 2.05) is 5.43 Å². The molecule has 4 N–H and O–H groups in total. The van der Waals surface area contributed by atoms with Crippen molar-refractivity contribution in [3.63, 3.8) is 0 Å². The molecule has 1 fully saturated rings. The molecule has 0 aliphatic carbocycles. The lowest BCUT2D eigenvalue weighted by atomic mass is 10.0. The number of ether oxygens (including phenoxy) is 2. The van der Waals surface area contributed by atoms with Gasteiger partial charge in [0.15, 0.2) is 6.29 Å². The predicted octanol–water partition coefficient (Wildman–Crippen LogP) is 3.72. The summed E-state index contributed by atoms with van der Waals surface area (Å²) in [4.78, 5) is 12.9. The number of morpholine rings is 1. The van der Waals surface area contributed by atoms with Crippen LogP contribution in [0.25, 0.3) is 0 Å². The van der Waals surface area contributed by atoms with Gasteiger partial charge in [-0.3, -0.25) is 9.69 Å². The van der Waals surface area contributed by atoms with Crippen molar-refractivity contribution < 1.29 is 50.1 Å². The van der Waals surface area contributed by atoms with Crippen LogP contribution < -0.4 is 11.2 Å². The number of amidine groups is 1. The first kappa shape index (κ1) is 30.3. The Bertz CT molecular complexity index is 1140. The predicted molar refractivity (Wildman–Crippen MR) is 123 cm³/mol. The first-order chi connectivity index (χ1) is 18.2. The molecule has 39 heavy (non-hydrogen) atoms. The largest absolute Gasteiger partial charge is 0.416 e. The smallest absolute Gasteiger partial charge is 0.386 e. The van der Waals surface area contributed by atoms with Crippen molar-refractivity contribution in [2.45, 2.75) is 37.7 Å². The summed E-state index contributed by atoms with van der Waals surface area (Å²) >= 11 is 0. The maximum atomic E-state index is 13.6. The Morgan fingerprint density at radius 2 is 1.74 bits per heavy atom. The van der Waals surface area contributed by atoms with Crippen LogP contribution in [-0.4, -0.2) is 54.3 Å². The summed E-state index contributed by atoms with van der Waals surface area (Å²) < 4.78 is 105. The Kier molecular flexibility index (Phi) is 9.53. The number of hydrogen-bond donors (Lipinski definition) is 3. The molecule has 1 amide bonds. The molecule has 1 saturated heterocycles. The zero-order chi connectivity index (χ0) is 29.0. The lowest BCUT2D eigenvalue weighted by Crippen LogP contribution is -2.49. The second-order valence-electron chi connectivity index (χ2n) is 8.62. The summed E-state index contributed by atoms with van der Waals surface area (Å²) in [6.07, 6.45) is -12.6. The van der Waals surface area contributed by atoms with Crippen LogP contribution in [0.3, 0.4) is 0 Å². The summed E-state index contributed by atoms with van der Waals surface area (Å²) in [5.41, 5.74) is 5.00. The third kappa shape index (κ3) is 8.11. The third-order valence-electron chi connectivity index (χ3n) is 5.77. The van der Waals surface area contributed by atoms with Gasteiger partial charge in [-0.2, -0.15) is 31.4 Å². The number of hydrazone groups is 1. The van der Waals surface area contributed by atoms with Crippen LogP contribution in [-0.2, 0) is 26.6 Å². The number of nitrogens with two attached hydrogens (primary N) is 1. The molecule has 1 aliphatic heterocycles. The highest BCUT2D eigenvalue weighted by atomic mass is 19.4. The van der Waals surface area contributed by atoms with Gasteiger partial charge in [0, 0.05) is 6.54 Å². The number of carbonyl (C=O) groups is 1. The van der Waals surface area contributed by atoms with Crippen LogP contribution in [0, 0.1) is 5.82 Å². The van der Waals surface area contributed by atoms with Crippen molar-refractivity contribution in [2.24, 2.45) is 10.8 Å². The molecule has 0 saturated carbocycles. The van der Waals surface area contributed by atoms with Crippen LogP contribution in [0.4, 0.5) is 30.7 Å². The zero-order valence-electron chi connectivity index (χ0n) is 20.4. The van der Waals surface area contributed by atoms with Crippen LogP contribution in [0.5, 0.6) is 0 Å². The number of nitrogens with zero attached hydrogens (tertiary/aromatic N) is 2. The number of hydrogen-bond acceptors (Lipinski definition) is 6. The summed E-state index contributed by atoms with van der Waals surface area (Å²) in [6, 6.07) is 5.45. The molecule has 2 aromatic rings. The van der Waals surface area contributed by atoms with E-state index in [2.05, 4.69) is 5.10 Å². The number of rotatable bonds is 8. The van der Waals surface area contributed by atoms with Crippen LogP contribution in [0.2, 0.25) is 0 Å². The fourth-order valence-electron chi connectivity index (χ4n) is 3.91. The average Bonchev–Trinajstić information content (AvgIpc) is 2.87. The van der Waals surface area contributed by atoms with Crippen molar-refractivity contribution in [3.05, 3.63) is 70.5 Å². The van der Waals surface area contributed by atoms with E-state index < -0.39 is 60.2 Å². The van der Waals surface area contributed by atoms with Gasteiger partial charge in [-0.1, -0.05) is 12.1 Å². The molecule has 2 aromatic carbocycles. The van der Waals surface area contributed by atoms with E-state index in [0.717, 1.165) is 12.1 Å². The molecular weight excluding hydrogens is 541 g/mol. The molecule has 0 unspecified atom stereocenters. The van der Waals surface area contributed by atoms with E-state index in [9.17, 15) is 35.5 Å². The van der Waals surface area contributed by atoms with Gasteiger partial charge < -0.3 is 20.3 Å². The van der Waals surface area contributed by atoms with E-state index in [1.165, 1.54) is 19.1 Å². The summed E-state index contributed by atoms with van der Waals surface area (Å²) in [7, 11) is 0. The van der Waals surface area contributed by atoms with Crippen LogP contribution >= 0.6 is 0 Å². The fraction of sp³-hybridized carbons (Fsp3) is 0.417. The van der Waals surface area contributed by atoms with Gasteiger partial charge >= 0.3 is 12.4 Å². The van der Waals surface area contributed by atoms with E-state index in [0.29, 0.717) is 17.7 Å². The van der Waals surface area contributed by atoms with Gasteiger partial charge in [0.1, 0.15) is 18.3 Å². The number of aliphatic hydroxyl groups is 1. The summed E-state index contributed by atoms with van der Waals surface area (Å²) in [5.74, 6) is -1.46. The molecule has 1 aliphatic rings. The Morgan fingerprint density at radius 3 is 2.28 bits per heavy atom. The van der Waals surface area contributed by atoms with Gasteiger partial charge in [-0.05, 0) is 48.4 Å². The molecule has 3 rings (SSSR count). The minimum Gasteiger partial charge on any atom is -0.386 e. The monoisotopic (exact) mass is 566 g/mol. The van der Waals surface area contributed by atoms with Gasteiger partial charge in [-0.25, -0.2) is 9.82 Å². The Hall–Kier alpha value is -3.27. The van der Waals surface area contributed by atoms with Crippen LogP contribution in [0.1, 0.15) is 41.3 Å². The number of alkyl halides is 6. The number of aliphatic hydroxyl groups excluding tert-OH is 1. The summed E-state index contributed by atoms with van der Waals surface area (Å²) in [5, 5.41) is 12.5. The fourth-order valence-corrected chi connectivity index (χ4v) is 3.91. The zero-order valence-corrected chi connectivity index (χ0v) is 20.4. The molecule has 8 nitrogen and oxygen atoms in total. The maximum absolute atomic E-state index is 13.6. The van der Waals surface area contributed by atoms with E-state index in [4.69, 9.17) is 20.3 Å². The van der Waals surface area contributed by atoms with Crippen LogP contribution in [0.15, 0.2) is 47.6 Å². The highest BCUT2D eigenvalue weighted by Gasteiger charge is 2.39. The van der Waals surface area contributed by atoms with E-state index >= 15 is 0 Å². The van der Waals surface area contributed by atoms with E-state index in [-0.39, 0.29) is 37.2 Å². The molecule has 15 heteroatoms. The highest BCUT2D eigenvalue weighted by Crippen LogP contribution is 2.39. The first-order valence-corrected chi connectivity index (χ1v) is 11.5. The van der Waals surface area contributed by atoms with Gasteiger partial charge in [0.2, 0.25) is 0 Å². The minimum absolute atomic E-state index is 0.0219. The quantitative estimate of drug-likeness (QED) is 0.195. The lowest BCUT2D eigenvalue weighted by Gasteiger charge is -2.41. The second kappa shape index (κ2) is 12.3. The maximum Gasteiger partial charge on any atom is 0.416 e. The number of halogens is 7. The highest BCUT2D eigenvalue weighted by molar-refractivity contribution is 5.85. The van der Waals surface area contributed by atoms with Gasteiger partial charge in [0.05, 0.1) is 36.4 Å². The Balaban J connectivity index is 1.93. The molecule has 0 spiro atoms. The number of amides is 1. The number of nitrogens with one attached hydrogen (secondary N) is 1. The number of benzene rings is 2. The summed E-state index contributed by atoms with van der Waals surface area (Å²) in [6.45, 7) is 0.614. The van der Waals surface area contributed by atoms with E-state index in [1.54, 1.807) is 4.90 Å². The molecule has 214 valence electrons. The Labute approximate surface area is 218 Å². The van der Waals surface area contributed by atoms with Crippen molar-refractivity contribution in [3.8, 4) is 0 Å². The Morgan fingerprint density at radius 1 is 1.15 bits per heavy atom. The molecule has 0 bridgehead atoms. The molecule has 0 radical (unpaired) electrons. The topological polar surface area (TPSA) is 109 Å². The number of carbonyl (C=O) groups excluding carboxylic acids is 1. The van der Waals surface area contributed by atoms with Crippen molar-refractivity contribution >= 4 is 11.7 Å². The van der Waals surface area contributed by atoms with Gasteiger partial charge in [0.25, 0.3) is 5.91 Å². The van der Waals surface area contributed by atoms with Crippen molar-refractivity contribution in [1.29, 1.82) is 0 Å². The van der Waals surface area contributed by atoms with Gasteiger partial charge in [-0.15, -0.1) is 0 Å². The average molecular weight is 566 g/mol.